The first-order valence-electron chi connectivity index (χ1n) is 15.3. The summed E-state index contributed by atoms with van der Waals surface area (Å²) in [6.07, 6.45) is 14.5. The molecule has 6 heteroatoms. The lowest BCUT2D eigenvalue weighted by Gasteiger charge is -2.26. The Kier molecular flexibility index (Phi) is 12.0. The average molecular weight is 597 g/mol. The number of aliphatic hydroxyl groups excluding tert-OH is 1. The summed E-state index contributed by atoms with van der Waals surface area (Å²) < 4.78 is 22.9. The summed E-state index contributed by atoms with van der Waals surface area (Å²) in [4.78, 5) is 12.5. The second-order valence-electron chi connectivity index (χ2n) is 11.7. The van der Waals surface area contributed by atoms with Gasteiger partial charge in [-0.15, -0.1) is 0 Å². The van der Waals surface area contributed by atoms with Gasteiger partial charge in [0.1, 0.15) is 17.1 Å². The third-order valence-corrected chi connectivity index (χ3v) is 7.36. The average Bonchev–Trinajstić information content (AvgIpc) is 3.01. The molecule has 1 fully saturated rings. The van der Waals surface area contributed by atoms with E-state index in [1.54, 1.807) is 32.1 Å². The van der Waals surface area contributed by atoms with E-state index in [9.17, 15) is 9.90 Å². The smallest absolute Gasteiger partial charge is 0.376 e. The minimum atomic E-state index is -1.73. The van der Waals surface area contributed by atoms with Crippen molar-refractivity contribution in [1.29, 1.82) is 0 Å². The number of benzene rings is 3. The highest BCUT2D eigenvalue weighted by Crippen LogP contribution is 2.24. The molecule has 3 aromatic carbocycles. The maximum absolute atomic E-state index is 12.5. The Bertz CT molecular complexity index is 1380. The van der Waals surface area contributed by atoms with Crippen molar-refractivity contribution >= 4 is 24.2 Å². The molecule has 1 aliphatic carbocycles. The number of aliphatic hydroxyl groups is 1. The molecule has 0 heterocycles. The molecule has 0 amide bonds. The second kappa shape index (κ2) is 16.1. The molecule has 3 aromatic rings. The van der Waals surface area contributed by atoms with Crippen molar-refractivity contribution in [3.63, 3.8) is 0 Å². The van der Waals surface area contributed by atoms with Gasteiger partial charge >= 0.3 is 5.97 Å². The fourth-order valence-corrected chi connectivity index (χ4v) is 5.14. The predicted molar refractivity (Wildman–Crippen MR) is 176 cm³/mol. The largest absolute Gasteiger partial charge is 0.465 e. The Labute approximate surface area is 261 Å². The van der Waals surface area contributed by atoms with Crippen LogP contribution in [0, 0.1) is 0 Å². The zero-order valence-corrected chi connectivity index (χ0v) is 26.0. The fourth-order valence-electron chi connectivity index (χ4n) is 5.14. The van der Waals surface area contributed by atoms with Crippen LogP contribution in [0.15, 0.2) is 91.5 Å². The minimum absolute atomic E-state index is 0.264. The van der Waals surface area contributed by atoms with Gasteiger partial charge in [-0.1, -0.05) is 105 Å². The van der Waals surface area contributed by atoms with Crippen LogP contribution in [0.1, 0.15) is 75.1 Å². The van der Waals surface area contributed by atoms with Gasteiger partial charge in [-0.05, 0) is 80.1 Å². The lowest BCUT2D eigenvalue weighted by atomic mass is 9.97. The molecule has 232 valence electrons. The molecule has 0 aliphatic heterocycles. The van der Waals surface area contributed by atoms with Gasteiger partial charge in [0.05, 0.1) is 6.10 Å². The number of hydrogen-bond acceptors (Lipinski definition) is 6. The van der Waals surface area contributed by atoms with Crippen LogP contribution in [0.5, 0.6) is 11.5 Å². The monoisotopic (exact) mass is 596 g/mol. The normalized spacial score (nSPS) is 15.6. The van der Waals surface area contributed by atoms with Crippen LogP contribution < -0.4 is 9.47 Å². The summed E-state index contributed by atoms with van der Waals surface area (Å²) >= 11 is 0. The first-order chi connectivity index (χ1) is 21.2. The maximum atomic E-state index is 12.5. The molecule has 0 bridgehead atoms. The van der Waals surface area contributed by atoms with Gasteiger partial charge in [0.2, 0.25) is 0 Å². The van der Waals surface area contributed by atoms with Crippen molar-refractivity contribution in [2.24, 2.45) is 0 Å². The molecule has 0 aromatic heterocycles. The summed E-state index contributed by atoms with van der Waals surface area (Å²) in [6, 6.07) is 22.9. The number of rotatable bonds is 14. The van der Waals surface area contributed by atoms with Gasteiger partial charge in [0.15, 0.2) is 6.29 Å². The van der Waals surface area contributed by atoms with Crippen LogP contribution in [0.4, 0.5) is 0 Å². The molecule has 0 spiro atoms. The number of hydrogen-bond donors (Lipinski definition) is 1. The van der Waals surface area contributed by atoms with Crippen LogP contribution in [0.25, 0.3) is 18.2 Å². The summed E-state index contributed by atoms with van der Waals surface area (Å²) in [5, 5.41) is 10.3. The Morgan fingerprint density at radius 1 is 0.841 bits per heavy atom. The van der Waals surface area contributed by atoms with Crippen molar-refractivity contribution in [2.45, 2.75) is 83.6 Å². The molecule has 0 radical (unpaired) electrons. The Morgan fingerprint density at radius 2 is 1.36 bits per heavy atom. The van der Waals surface area contributed by atoms with E-state index in [2.05, 4.69) is 6.58 Å². The summed E-state index contributed by atoms with van der Waals surface area (Å²) in [5.74, 6) is 0.314. The van der Waals surface area contributed by atoms with E-state index in [4.69, 9.17) is 18.9 Å². The first-order valence-corrected chi connectivity index (χ1v) is 15.3. The van der Waals surface area contributed by atoms with Gasteiger partial charge in [-0.3, -0.25) is 0 Å². The fraction of sp³-hybridized carbons (Fsp3) is 0.342. The third-order valence-electron chi connectivity index (χ3n) is 7.36. The van der Waals surface area contributed by atoms with Gasteiger partial charge in [-0.25, -0.2) is 4.79 Å². The van der Waals surface area contributed by atoms with E-state index in [0.717, 1.165) is 40.8 Å². The first kappa shape index (κ1) is 32.8. The molecule has 1 saturated carbocycles. The molecular formula is C38H44O6. The zero-order chi connectivity index (χ0) is 31.4. The third kappa shape index (κ3) is 10.9. The SMILES string of the molecule is C=Cc1ccc(CC(C)(C)OC(=O)C(O)Oc2ccc(C=CC=Cc3ccc(OC(C)OC4CCCCC4)cc3)cc2)cc1. The lowest BCUT2D eigenvalue weighted by Crippen LogP contribution is -2.38. The number of allylic oxidation sites excluding steroid dienone is 2. The molecule has 1 aliphatic rings. The van der Waals surface area contributed by atoms with Gasteiger partial charge in [0, 0.05) is 6.42 Å². The quantitative estimate of drug-likeness (QED) is 0.114. The molecule has 0 saturated heterocycles. The van der Waals surface area contributed by atoms with Crippen LogP contribution >= 0.6 is 0 Å². The van der Waals surface area contributed by atoms with Crippen molar-refractivity contribution < 1.29 is 28.8 Å². The standard InChI is InChI=1S/C38H44O6/c1-5-29-15-17-32(18-16-29)27-38(3,4)44-37(40)36(39)43-35-25-21-31(22-26-35)12-10-9-11-30-19-23-34(24-20-30)42-28(2)41-33-13-7-6-8-14-33/h5,9-12,15-26,28,33,36,39H,1,6-8,13-14,27H2,2-4H3. The summed E-state index contributed by atoms with van der Waals surface area (Å²) in [7, 11) is 0. The van der Waals surface area contributed by atoms with Crippen LogP contribution in [0.2, 0.25) is 0 Å². The van der Waals surface area contributed by atoms with Crippen molar-refractivity contribution in [3.05, 3.63) is 114 Å². The molecular weight excluding hydrogens is 552 g/mol. The number of carbonyl (C=O) groups is 1. The highest BCUT2D eigenvalue weighted by molar-refractivity contribution is 5.73. The van der Waals surface area contributed by atoms with E-state index in [1.165, 1.54) is 19.3 Å². The number of carbonyl (C=O) groups excluding carboxylic acids is 1. The summed E-state index contributed by atoms with van der Waals surface area (Å²) in [5.41, 5.74) is 3.20. The molecule has 6 nitrogen and oxygen atoms in total. The molecule has 4 rings (SSSR count). The van der Waals surface area contributed by atoms with E-state index < -0.39 is 17.9 Å². The molecule has 2 atom stereocenters. The van der Waals surface area contributed by atoms with Crippen molar-refractivity contribution in [1.82, 2.24) is 0 Å². The van der Waals surface area contributed by atoms with Gasteiger partial charge in [0.25, 0.3) is 6.29 Å². The van der Waals surface area contributed by atoms with E-state index in [0.29, 0.717) is 18.3 Å². The minimum Gasteiger partial charge on any atom is -0.465 e. The van der Waals surface area contributed by atoms with Crippen LogP contribution in [-0.2, 0) is 20.7 Å². The molecule has 1 N–H and O–H groups in total. The number of ether oxygens (including phenoxy) is 4. The van der Waals surface area contributed by atoms with E-state index in [-0.39, 0.29) is 6.29 Å². The van der Waals surface area contributed by atoms with E-state index >= 15 is 0 Å². The van der Waals surface area contributed by atoms with Crippen molar-refractivity contribution in [2.75, 3.05) is 0 Å². The van der Waals surface area contributed by atoms with E-state index in [1.807, 2.05) is 91.9 Å². The maximum Gasteiger partial charge on any atom is 0.376 e. The van der Waals surface area contributed by atoms with Gasteiger partial charge in [-0.2, -0.15) is 0 Å². The van der Waals surface area contributed by atoms with Crippen molar-refractivity contribution in [3.8, 4) is 11.5 Å². The predicted octanol–water partition coefficient (Wildman–Crippen LogP) is 8.39. The van der Waals surface area contributed by atoms with Crippen LogP contribution in [0.3, 0.4) is 0 Å². The Balaban J connectivity index is 1.20. The Morgan fingerprint density at radius 3 is 1.91 bits per heavy atom. The summed E-state index contributed by atoms with van der Waals surface area (Å²) in [6.45, 7) is 9.31. The zero-order valence-electron chi connectivity index (χ0n) is 26.0. The molecule has 2 unspecified atom stereocenters. The molecule has 44 heavy (non-hydrogen) atoms. The second-order valence-corrected chi connectivity index (χ2v) is 11.7. The van der Waals surface area contributed by atoms with Crippen LogP contribution in [-0.4, -0.2) is 35.4 Å². The highest BCUT2D eigenvalue weighted by atomic mass is 16.7. The Hall–Kier alpha value is -4.13. The topological polar surface area (TPSA) is 74.2 Å². The van der Waals surface area contributed by atoms with Gasteiger partial charge < -0.3 is 24.1 Å². The highest BCUT2D eigenvalue weighted by Gasteiger charge is 2.28. The number of esters is 1. The lowest BCUT2D eigenvalue weighted by molar-refractivity contribution is -0.181.